The molecule has 1 saturated carbocycles. The first kappa shape index (κ1) is 19.5. The predicted molar refractivity (Wildman–Crippen MR) is 85.9 cm³/mol. The number of benzene rings is 1. The first-order valence-electron chi connectivity index (χ1n) is 8.10. The van der Waals surface area contributed by atoms with Crippen molar-refractivity contribution < 1.29 is 31.1 Å². The first-order valence-corrected chi connectivity index (χ1v) is 8.10. The number of hydrogen-bond acceptors (Lipinski definition) is 3. The predicted octanol–water partition coefficient (Wildman–Crippen LogP) is 4.90. The second-order valence-corrected chi connectivity index (χ2v) is 6.70. The Morgan fingerprint density at radius 2 is 1.48 bits per heavy atom. The summed E-state index contributed by atoms with van der Waals surface area (Å²) in [6.45, 7) is 0.772. The Bertz CT molecular complexity index is 795. The molecule has 0 spiro atoms. The molecular weight excluding hydrogens is 374 g/mol. The largest absolute Gasteiger partial charge is 0.491 e. The number of nitrogens with two attached hydrogens (primary N) is 1. The van der Waals surface area contributed by atoms with E-state index in [-0.39, 0.29) is 28.4 Å². The van der Waals surface area contributed by atoms with E-state index in [2.05, 4.69) is 4.98 Å². The van der Waals surface area contributed by atoms with Gasteiger partial charge >= 0.3 is 12.4 Å². The minimum atomic E-state index is -4.91. The number of nitrogens with zero attached hydrogens (tertiary/aromatic N) is 1. The van der Waals surface area contributed by atoms with Gasteiger partial charge in [-0.3, -0.25) is 4.98 Å². The molecule has 2 N–H and O–H groups in total. The number of hydrogen-bond donors (Lipinski definition) is 1. The molecule has 2 aromatic rings. The Hall–Kier alpha value is -2.29. The first-order chi connectivity index (χ1) is 12.5. The molecule has 1 aromatic heterocycles. The van der Waals surface area contributed by atoms with Gasteiger partial charge in [0.2, 0.25) is 0 Å². The molecule has 3 nitrogen and oxygen atoms in total. The zero-order valence-electron chi connectivity index (χ0n) is 14.0. The van der Waals surface area contributed by atoms with Crippen molar-refractivity contribution in [1.29, 1.82) is 0 Å². The number of alkyl halides is 6. The Kier molecular flexibility index (Phi) is 4.83. The summed E-state index contributed by atoms with van der Waals surface area (Å²) in [4.78, 5) is 3.87. The van der Waals surface area contributed by atoms with Gasteiger partial charge in [0.15, 0.2) is 0 Å². The van der Waals surface area contributed by atoms with Crippen LogP contribution in [0.25, 0.3) is 11.1 Å². The van der Waals surface area contributed by atoms with Crippen LogP contribution in [0.4, 0.5) is 26.3 Å². The van der Waals surface area contributed by atoms with E-state index in [1.54, 1.807) is 0 Å². The van der Waals surface area contributed by atoms with Crippen molar-refractivity contribution in [2.24, 2.45) is 11.1 Å². The summed E-state index contributed by atoms with van der Waals surface area (Å²) < 4.78 is 83.7. The van der Waals surface area contributed by atoms with Gasteiger partial charge in [-0.05, 0) is 42.7 Å². The topological polar surface area (TPSA) is 48.1 Å². The van der Waals surface area contributed by atoms with Crippen LogP contribution < -0.4 is 10.5 Å². The standard InChI is InChI=1S/C18H16F6N2O/c19-17(20,21)13-3-11(4-14(6-13)18(22,23)24)12-5-15(8-26-7-12)27-10-16(9-25)1-2-16/h3-8H,1-2,9-10,25H2. The fraction of sp³-hybridized carbons (Fsp3) is 0.389. The van der Waals surface area contributed by atoms with Crippen LogP contribution >= 0.6 is 0 Å². The molecule has 27 heavy (non-hydrogen) atoms. The number of ether oxygens (including phenoxy) is 1. The maximum Gasteiger partial charge on any atom is 0.416 e. The summed E-state index contributed by atoms with van der Waals surface area (Å²) in [6, 6.07) is 2.79. The van der Waals surface area contributed by atoms with Crippen LogP contribution in [-0.2, 0) is 12.4 Å². The molecule has 146 valence electrons. The molecule has 0 saturated heterocycles. The fourth-order valence-electron chi connectivity index (χ4n) is 2.60. The summed E-state index contributed by atoms with van der Waals surface area (Å²) in [6.07, 6.45) is -5.43. The highest BCUT2D eigenvalue weighted by atomic mass is 19.4. The van der Waals surface area contributed by atoms with E-state index in [9.17, 15) is 26.3 Å². The Morgan fingerprint density at radius 3 is 1.96 bits per heavy atom. The van der Waals surface area contributed by atoms with E-state index in [4.69, 9.17) is 10.5 Å². The van der Waals surface area contributed by atoms with E-state index in [0.717, 1.165) is 12.8 Å². The Balaban J connectivity index is 1.94. The normalized spacial score (nSPS) is 16.3. The van der Waals surface area contributed by atoms with Gasteiger partial charge in [0.05, 0.1) is 23.9 Å². The van der Waals surface area contributed by atoms with Gasteiger partial charge < -0.3 is 10.5 Å². The molecule has 0 radical (unpaired) electrons. The summed E-state index contributed by atoms with van der Waals surface area (Å²) >= 11 is 0. The maximum atomic E-state index is 13.0. The molecule has 3 rings (SSSR count). The highest BCUT2D eigenvalue weighted by Gasteiger charge is 2.42. The van der Waals surface area contributed by atoms with Gasteiger partial charge in [0.1, 0.15) is 5.75 Å². The van der Waals surface area contributed by atoms with Crippen LogP contribution in [0.1, 0.15) is 24.0 Å². The molecule has 0 atom stereocenters. The van der Waals surface area contributed by atoms with E-state index < -0.39 is 23.5 Å². The summed E-state index contributed by atoms with van der Waals surface area (Å²) in [5, 5.41) is 0. The van der Waals surface area contributed by atoms with Gasteiger partial charge in [-0.2, -0.15) is 26.3 Å². The molecule has 0 unspecified atom stereocenters. The summed E-state index contributed by atoms with van der Waals surface area (Å²) in [7, 11) is 0. The molecule has 1 aliphatic carbocycles. The number of rotatable bonds is 5. The van der Waals surface area contributed by atoms with Crippen LogP contribution in [0.5, 0.6) is 5.75 Å². The van der Waals surface area contributed by atoms with Crippen molar-refractivity contribution in [3.8, 4) is 16.9 Å². The highest BCUT2D eigenvalue weighted by Crippen LogP contribution is 2.45. The van der Waals surface area contributed by atoms with E-state index in [1.165, 1.54) is 18.5 Å². The van der Waals surface area contributed by atoms with Crippen molar-refractivity contribution in [2.45, 2.75) is 25.2 Å². The van der Waals surface area contributed by atoms with Crippen LogP contribution in [0.15, 0.2) is 36.7 Å². The van der Waals surface area contributed by atoms with Crippen molar-refractivity contribution in [3.63, 3.8) is 0 Å². The van der Waals surface area contributed by atoms with Gasteiger partial charge in [-0.1, -0.05) is 0 Å². The van der Waals surface area contributed by atoms with E-state index in [1.807, 2.05) is 0 Å². The monoisotopic (exact) mass is 390 g/mol. The van der Waals surface area contributed by atoms with Crippen molar-refractivity contribution >= 4 is 0 Å². The average molecular weight is 390 g/mol. The van der Waals surface area contributed by atoms with Gasteiger partial charge in [0.25, 0.3) is 0 Å². The molecule has 1 aliphatic rings. The lowest BCUT2D eigenvalue weighted by molar-refractivity contribution is -0.143. The van der Waals surface area contributed by atoms with Crippen LogP contribution in [0.2, 0.25) is 0 Å². The van der Waals surface area contributed by atoms with Crippen molar-refractivity contribution in [3.05, 3.63) is 47.8 Å². The molecular formula is C18H16F6N2O. The lowest BCUT2D eigenvalue weighted by atomic mass is 10.00. The smallest absolute Gasteiger partial charge is 0.416 e. The summed E-state index contributed by atoms with van der Waals surface area (Å²) in [5.74, 6) is 0.262. The number of pyridine rings is 1. The molecule has 0 aliphatic heterocycles. The zero-order valence-corrected chi connectivity index (χ0v) is 14.0. The second-order valence-electron chi connectivity index (χ2n) is 6.70. The summed E-state index contributed by atoms with van der Waals surface area (Å²) in [5.41, 5.74) is 2.66. The zero-order chi connectivity index (χ0) is 19.9. The highest BCUT2D eigenvalue weighted by molar-refractivity contribution is 5.66. The van der Waals surface area contributed by atoms with E-state index >= 15 is 0 Å². The van der Waals surface area contributed by atoms with Crippen LogP contribution in [0, 0.1) is 5.41 Å². The SMILES string of the molecule is NCC1(COc2cncc(-c3cc(C(F)(F)F)cc(C(F)(F)F)c3)c2)CC1. The maximum absolute atomic E-state index is 13.0. The molecule has 1 heterocycles. The molecule has 1 aromatic carbocycles. The average Bonchev–Trinajstić information content (AvgIpc) is 3.39. The third kappa shape index (κ3) is 4.52. The minimum Gasteiger partial charge on any atom is -0.491 e. The van der Waals surface area contributed by atoms with Gasteiger partial charge in [-0.25, -0.2) is 0 Å². The Labute approximate surface area is 151 Å². The lowest BCUT2D eigenvalue weighted by Gasteiger charge is -2.16. The van der Waals surface area contributed by atoms with Crippen LogP contribution in [0.3, 0.4) is 0 Å². The molecule has 9 heteroatoms. The lowest BCUT2D eigenvalue weighted by Crippen LogP contribution is -2.22. The van der Waals surface area contributed by atoms with Gasteiger partial charge in [-0.15, -0.1) is 0 Å². The Morgan fingerprint density at radius 1 is 0.889 bits per heavy atom. The molecule has 1 fully saturated rings. The molecule has 0 bridgehead atoms. The fourth-order valence-corrected chi connectivity index (χ4v) is 2.60. The van der Waals surface area contributed by atoms with Crippen LogP contribution in [-0.4, -0.2) is 18.1 Å². The third-order valence-corrected chi connectivity index (χ3v) is 4.57. The quantitative estimate of drug-likeness (QED) is 0.739. The van der Waals surface area contributed by atoms with Crippen molar-refractivity contribution in [1.82, 2.24) is 4.98 Å². The van der Waals surface area contributed by atoms with Gasteiger partial charge in [0, 0.05) is 23.7 Å². The number of aromatic nitrogens is 1. The van der Waals surface area contributed by atoms with E-state index in [0.29, 0.717) is 25.3 Å². The van der Waals surface area contributed by atoms with Crippen molar-refractivity contribution in [2.75, 3.05) is 13.2 Å². The minimum absolute atomic E-state index is 0.0926. The number of halogens is 6. The third-order valence-electron chi connectivity index (χ3n) is 4.57. The molecule has 0 amide bonds. The second kappa shape index (κ2) is 6.70.